The number of thiophene rings is 1. The summed E-state index contributed by atoms with van der Waals surface area (Å²) in [4.78, 5) is 4.13. The fourth-order valence-electron chi connectivity index (χ4n) is 10.00. The second-order valence-electron chi connectivity index (χ2n) is 15.9. The Morgan fingerprint density at radius 2 is 1.25 bits per heavy atom. The van der Waals surface area contributed by atoms with Gasteiger partial charge in [-0.15, -0.1) is 11.3 Å². The summed E-state index contributed by atoms with van der Waals surface area (Å²) in [7, 11) is 0. The van der Waals surface area contributed by atoms with Crippen molar-refractivity contribution in [3.8, 4) is 39.1 Å². The van der Waals surface area contributed by atoms with Crippen LogP contribution in [0.4, 0.5) is 11.4 Å². The summed E-state index contributed by atoms with van der Waals surface area (Å²) in [5.74, 6) is 0.429. The van der Waals surface area contributed by atoms with Gasteiger partial charge < -0.3 is 9.47 Å². The highest BCUT2D eigenvalue weighted by molar-refractivity contribution is 7.19. The molecular weight excluding hydrogens is 709 g/mol. The van der Waals surface area contributed by atoms with Gasteiger partial charge in [-0.1, -0.05) is 121 Å². The number of rotatable bonds is 5. The van der Waals surface area contributed by atoms with E-state index in [-0.39, 0.29) is 6.04 Å². The van der Waals surface area contributed by atoms with Gasteiger partial charge in [0, 0.05) is 48.7 Å². The predicted octanol–water partition coefficient (Wildman–Crippen LogP) is 14.9. The van der Waals surface area contributed by atoms with Crippen LogP contribution in [0, 0.1) is 0 Å². The van der Waals surface area contributed by atoms with Gasteiger partial charge >= 0.3 is 0 Å². The molecule has 2 aromatic heterocycles. The van der Waals surface area contributed by atoms with Crippen LogP contribution in [0.3, 0.4) is 0 Å². The van der Waals surface area contributed by atoms with Crippen LogP contribution in [-0.2, 0) is 6.42 Å². The Morgan fingerprint density at radius 1 is 0.509 bits per heavy atom. The first-order valence-corrected chi connectivity index (χ1v) is 21.2. The van der Waals surface area contributed by atoms with E-state index in [0.29, 0.717) is 5.92 Å². The van der Waals surface area contributed by atoms with Crippen LogP contribution in [0.25, 0.3) is 77.0 Å². The van der Waals surface area contributed by atoms with E-state index in [4.69, 9.17) is 0 Å². The maximum atomic E-state index is 2.62. The molecule has 0 spiro atoms. The maximum absolute atomic E-state index is 2.62. The third kappa shape index (κ3) is 5.30. The number of aromatic nitrogens is 1. The third-order valence-electron chi connectivity index (χ3n) is 12.7. The van der Waals surface area contributed by atoms with Gasteiger partial charge in [0.1, 0.15) is 0 Å². The lowest BCUT2D eigenvalue weighted by Gasteiger charge is -2.31. The molecule has 2 atom stereocenters. The number of nitrogens with zero attached hydrogens (tertiary/aromatic N) is 2. The highest BCUT2D eigenvalue weighted by Gasteiger charge is 2.39. The Kier molecular flexibility index (Phi) is 7.52. The van der Waals surface area contributed by atoms with Crippen LogP contribution >= 0.6 is 11.3 Å². The zero-order chi connectivity index (χ0) is 37.5. The first-order chi connectivity index (χ1) is 28.2. The molecule has 0 saturated carbocycles. The summed E-state index contributed by atoms with van der Waals surface area (Å²) in [6, 6.07) is 59.4. The maximum Gasteiger partial charge on any atom is 0.0591 e. The third-order valence-corrected chi connectivity index (χ3v) is 13.9. The van der Waals surface area contributed by atoms with E-state index < -0.39 is 0 Å². The summed E-state index contributed by atoms with van der Waals surface area (Å²) in [6.07, 6.45) is 14.1. The van der Waals surface area contributed by atoms with Gasteiger partial charge in [0.25, 0.3) is 0 Å². The summed E-state index contributed by atoms with van der Waals surface area (Å²) >= 11 is 1.96. The van der Waals surface area contributed by atoms with Gasteiger partial charge in [0.05, 0.1) is 17.1 Å². The summed E-state index contributed by atoms with van der Waals surface area (Å²) in [5, 5.41) is 3.95. The van der Waals surface area contributed by atoms with Crippen molar-refractivity contribution in [2.24, 2.45) is 0 Å². The van der Waals surface area contributed by atoms with Gasteiger partial charge in [-0.05, 0) is 131 Å². The molecule has 57 heavy (non-hydrogen) atoms. The number of anilines is 2. The molecule has 7 aromatic carbocycles. The average Bonchev–Trinajstić information content (AvgIpc) is 3.94. The number of para-hydroxylation sites is 1. The molecule has 1 unspecified atom stereocenters. The van der Waals surface area contributed by atoms with Crippen molar-refractivity contribution >= 4 is 60.7 Å². The van der Waals surface area contributed by atoms with E-state index in [1.165, 1.54) is 98.3 Å². The molecule has 2 nitrogen and oxygen atoms in total. The van der Waals surface area contributed by atoms with Crippen molar-refractivity contribution in [2.45, 2.75) is 37.6 Å². The highest BCUT2D eigenvalue weighted by Crippen LogP contribution is 2.51. The molecule has 3 aliphatic rings. The molecule has 0 saturated heterocycles. The molecule has 0 radical (unpaired) electrons. The van der Waals surface area contributed by atoms with E-state index in [9.17, 15) is 0 Å². The molecule has 1 aliphatic heterocycles. The minimum absolute atomic E-state index is 0.274. The molecular formula is C54H40N2S. The van der Waals surface area contributed by atoms with Gasteiger partial charge in [-0.3, -0.25) is 0 Å². The zero-order valence-electron chi connectivity index (χ0n) is 31.6. The van der Waals surface area contributed by atoms with Crippen molar-refractivity contribution in [3.05, 3.63) is 192 Å². The predicted molar refractivity (Wildman–Crippen MR) is 243 cm³/mol. The molecule has 3 heterocycles. The van der Waals surface area contributed by atoms with Crippen LogP contribution in [0.2, 0.25) is 0 Å². The molecule has 12 rings (SSSR count). The van der Waals surface area contributed by atoms with E-state index >= 15 is 0 Å². The lowest BCUT2D eigenvalue weighted by molar-refractivity contribution is 0.573. The lowest BCUT2D eigenvalue weighted by Crippen LogP contribution is -2.29. The van der Waals surface area contributed by atoms with Crippen LogP contribution < -0.4 is 4.90 Å². The summed E-state index contributed by atoms with van der Waals surface area (Å²) in [6.45, 7) is 0. The number of allylic oxidation sites excluding steroid dienone is 2. The normalized spacial score (nSPS) is 17.0. The molecule has 0 N–H and O–H groups in total. The van der Waals surface area contributed by atoms with Crippen molar-refractivity contribution in [1.29, 1.82) is 0 Å². The average molecular weight is 749 g/mol. The SMILES string of the molecule is C1=Cc2c(sc3ccc(-n4c5ccccc5c5ccc(-c6ccc7c(c6)C6CCC=C[C@@H]6N7c6cc(-c7ccccc7)cc(-c7ccccc7)c6)cc54)cc23)CC1. The topological polar surface area (TPSA) is 8.17 Å². The zero-order valence-corrected chi connectivity index (χ0v) is 32.4. The first kappa shape index (κ1) is 32.8. The first-order valence-electron chi connectivity index (χ1n) is 20.4. The minimum atomic E-state index is 0.274. The van der Waals surface area contributed by atoms with Gasteiger partial charge in [0.2, 0.25) is 0 Å². The van der Waals surface area contributed by atoms with Crippen molar-refractivity contribution < 1.29 is 0 Å². The molecule has 9 aromatic rings. The molecule has 3 heteroatoms. The number of benzene rings is 7. The Hall–Kier alpha value is -6.42. The van der Waals surface area contributed by atoms with E-state index in [1.54, 1.807) is 0 Å². The standard InChI is InChI=1S/C54H40N2S/c1-3-13-35(14-4-1)39-29-40(36-15-5-2-6-16-36)31-42(30-39)56-50-21-11-8-18-44(50)47-32-37(24-27-51(47)56)38-23-26-45-43-17-7-10-20-49(43)55(52(45)33-38)41-25-28-54-48(34-41)46-19-9-12-22-53(46)57-54/h1-7,9-11,13-17,19-21,23-34,44,50H,8,12,18,22H2/t44?,50-/m0/s1. The second kappa shape index (κ2) is 13.1. The van der Waals surface area contributed by atoms with Crippen molar-refractivity contribution in [1.82, 2.24) is 4.57 Å². The quantitative estimate of drug-likeness (QED) is 0.159. The lowest BCUT2D eigenvalue weighted by atomic mass is 9.85. The highest BCUT2D eigenvalue weighted by atomic mass is 32.1. The van der Waals surface area contributed by atoms with Crippen molar-refractivity contribution in [3.63, 3.8) is 0 Å². The Balaban J connectivity index is 0.999. The van der Waals surface area contributed by atoms with Gasteiger partial charge in [0.15, 0.2) is 0 Å². The smallest absolute Gasteiger partial charge is 0.0591 e. The number of hydrogen-bond donors (Lipinski definition) is 0. The van der Waals surface area contributed by atoms with Gasteiger partial charge in [-0.2, -0.15) is 0 Å². The summed E-state index contributed by atoms with van der Waals surface area (Å²) < 4.78 is 3.87. The monoisotopic (exact) mass is 748 g/mol. The van der Waals surface area contributed by atoms with Crippen LogP contribution in [0.5, 0.6) is 0 Å². The fraction of sp³-hybridized carbons (Fsp3) is 0.111. The van der Waals surface area contributed by atoms with Crippen molar-refractivity contribution in [2.75, 3.05) is 4.90 Å². The van der Waals surface area contributed by atoms with Crippen LogP contribution in [0.15, 0.2) is 176 Å². The number of hydrogen-bond acceptors (Lipinski definition) is 2. The Labute approximate surface area is 337 Å². The molecule has 0 amide bonds. The van der Waals surface area contributed by atoms with E-state index in [0.717, 1.165) is 25.7 Å². The number of fused-ring (bicyclic) bond motifs is 9. The fourth-order valence-corrected chi connectivity index (χ4v) is 11.2. The molecule has 0 fully saturated rings. The summed E-state index contributed by atoms with van der Waals surface area (Å²) in [5.41, 5.74) is 16.6. The molecule has 272 valence electrons. The second-order valence-corrected chi connectivity index (χ2v) is 17.0. The van der Waals surface area contributed by atoms with Crippen LogP contribution in [0.1, 0.15) is 41.2 Å². The van der Waals surface area contributed by atoms with Crippen LogP contribution in [-0.4, -0.2) is 10.6 Å². The molecule has 0 bridgehead atoms. The van der Waals surface area contributed by atoms with Gasteiger partial charge in [-0.25, -0.2) is 0 Å². The van der Waals surface area contributed by atoms with E-state index in [1.807, 2.05) is 11.3 Å². The molecule has 2 aliphatic carbocycles. The number of aryl methyl sites for hydroxylation is 1. The van der Waals surface area contributed by atoms with E-state index in [2.05, 4.69) is 191 Å². The Bertz CT molecular complexity index is 3030. The largest absolute Gasteiger partial charge is 0.334 e. The Morgan fingerprint density at radius 3 is 2.07 bits per heavy atom. The minimum Gasteiger partial charge on any atom is -0.334 e.